The topological polar surface area (TPSA) is 86.5 Å². The van der Waals surface area contributed by atoms with Crippen LogP contribution in [-0.4, -0.2) is 52.3 Å². The molecule has 0 radical (unpaired) electrons. The maximum Gasteiger partial charge on any atom is 0.340 e. The van der Waals surface area contributed by atoms with Crippen LogP contribution >= 0.6 is 0 Å². The van der Waals surface area contributed by atoms with Crippen molar-refractivity contribution < 1.29 is 19.1 Å². The third-order valence-electron chi connectivity index (χ3n) is 5.38. The summed E-state index contributed by atoms with van der Waals surface area (Å²) in [7, 11) is 5.11. The lowest BCUT2D eigenvalue weighted by Gasteiger charge is -2.17. The lowest BCUT2D eigenvalue weighted by molar-refractivity contribution is -0.133. The van der Waals surface area contributed by atoms with E-state index in [2.05, 4.69) is 10.1 Å². The molecule has 0 saturated heterocycles. The molecule has 2 heterocycles. The highest BCUT2D eigenvalue weighted by molar-refractivity contribution is 5.94. The molecular formula is C24H24N4O4. The van der Waals surface area contributed by atoms with E-state index in [4.69, 9.17) is 9.47 Å². The average Bonchev–Trinajstić information content (AvgIpc) is 3.09. The maximum absolute atomic E-state index is 12.5. The van der Waals surface area contributed by atoms with Gasteiger partial charge in [0.15, 0.2) is 12.3 Å². The third kappa shape index (κ3) is 4.25. The normalized spacial score (nSPS) is 11.0. The molecule has 8 heteroatoms. The first-order valence-corrected chi connectivity index (χ1v) is 10.1. The van der Waals surface area contributed by atoms with Crippen molar-refractivity contribution in [3.8, 4) is 5.75 Å². The number of aromatic nitrogens is 3. The number of pyridine rings is 1. The Kier molecular flexibility index (Phi) is 5.77. The number of amides is 1. The monoisotopic (exact) mass is 432 g/mol. The molecule has 1 amide bonds. The molecule has 2 aromatic carbocycles. The fourth-order valence-electron chi connectivity index (χ4n) is 3.60. The van der Waals surface area contributed by atoms with Crippen LogP contribution in [0.15, 0.2) is 48.7 Å². The Morgan fingerprint density at radius 3 is 2.62 bits per heavy atom. The molecule has 0 N–H and O–H groups in total. The van der Waals surface area contributed by atoms with Crippen molar-refractivity contribution in [2.75, 3.05) is 20.8 Å². The molecule has 0 saturated carbocycles. The number of methoxy groups -OCH3 is 1. The second-order valence-corrected chi connectivity index (χ2v) is 7.68. The summed E-state index contributed by atoms with van der Waals surface area (Å²) in [4.78, 5) is 30.7. The Bertz CT molecular complexity index is 1330. The Morgan fingerprint density at radius 1 is 1.09 bits per heavy atom. The number of likely N-dealkylation sites (N-methyl/N-ethyl adjacent to an activating group) is 1. The minimum Gasteiger partial charge on any atom is -0.497 e. The number of hydrogen-bond acceptors (Lipinski definition) is 6. The number of benzene rings is 2. The van der Waals surface area contributed by atoms with Crippen LogP contribution in [0, 0.1) is 6.92 Å². The number of aryl methyl sites for hydroxylation is 2. The molecule has 0 bridgehead atoms. The number of hydrogen-bond donors (Lipinski definition) is 0. The minimum absolute atomic E-state index is 0.286. The molecule has 8 nitrogen and oxygen atoms in total. The Balaban J connectivity index is 1.38. The van der Waals surface area contributed by atoms with Crippen LogP contribution in [0.4, 0.5) is 0 Å². The largest absolute Gasteiger partial charge is 0.497 e. The summed E-state index contributed by atoms with van der Waals surface area (Å²) in [6.45, 7) is 1.91. The summed E-state index contributed by atoms with van der Waals surface area (Å²) in [5, 5.41) is 7.19. The first-order valence-electron chi connectivity index (χ1n) is 10.1. The summed E-state index contributed by atoms with van der Waals surface area (Å²) in [5.41, 5.74) is 2.72. The summed E-state index contributed by atoms with van der Waals surface area (Å²) < 4.78 is 12.1. The van der Waals surface area contributed by atoms with Gasteiger partial charge >= 0.3 is 5.97 Å². The van der Waals surface area contributed by atoms with Gasteiger partial charge in [-0.05, 0) is 47.5 Å². The van der Waals surface area contributed by atoms with Crippen LogP contribution in [0.5, 0.6) is 5.75 Å². The average molecular weight is 432 g/mol. The van der Waals surface area contributed by atoms with E-state index < -0.39 is 5.97 Å². The first-order chi connectivity index (χ1) is 15.4. The van der Waals surface area contributed by atoms with E-state index in [0.717, 1.165) is 33.2 Å². The second-order valence-electron chi connectivity index (χ2n) is 7.68. The molecular weight excluding hydrogens is 408 g/mol. The van der Waals surface area contributed by atoms with Gasteiger partial charge in [-0.3, -0.25) is 9.48 Å². The number of nitrogens with zero attached hydrogens (tertiary/aromatic N) is 4. The quantitative estimate of drug-likeness (QED) is 0.435. The summed E-state index contributed by atoms with van der Waals surface area (Å²) in [5.74, 6) is -0.0868. The van der Waals surface area contributed by atoms with Gasteiger partial charge in [-0.15, -0.1) is 0 Å². The summed E-state index contributed by atoms with van der Waals surface area (Å²) in [6, 6.07) is 13.5. The first kappa shape index (κ1) is 21.3. The van der Waals surface area contributed by atoms with Crippen LogP contribution in [0.1, 0.15) is 21.6 Å². The van der Waals surface area contributed by atoms with Crippen molar-refractivity contribution in [1.29, 1.82) is 0 Å². The van der Waals surface area contributed by atoms with Gasteiger partial charge in [-0.1, -0.05) is 18.2 Å². The van der Waals surface area contributed by atoms with Gasteiger partial charge in [0.2, 0.25) is 0 Å². The molecule has 0 fully saturated rings. The van der Waals surface area contributed by atoms with Crippen LogP contribution < -0.4 is 4.74 Å². The number of esters is 1. The van der Waals surface area contributed by atoms with E-state index in [9.17, 15) is 9.59 Å². The molecule has 32 heavy (non-hydrogen) atoms. The van der Waals surface area contributed by atoms with Gasteiger partial charge in [0.05, 0.1) is 18.4 Å². The van der Waals surface area contributed by atoms with Crippen LogP contribution in [0.25, 0.3) is 21.8 Å². The fraction of sp³-hybridized carbons (Fsp3) is 0.250. The zero-order valence-electron chi connectivity index (χ0n) is 18.5. The van der Waals surface area contributed by atoms with E-state index in [-0.39, 0.29) is 18.1 Å². The summed E-state index contributed by atoms with van der Waals surface area (Å²) in [6.07, 6.45) is 1.43. The van der Waals surface area contributed by atoms with Crippen molar-refractivity contribution in [3.05, 3.63) is 65.5 Å². The smallest absolute Gasteiger partial charge is 0.340 e. The van der Waals surface area contributed by atoms with E-state index in [1.165, 1.54) is 11.1 Å². The third-order valence-corrected chi connectivity index (χ3v) is 5.38. The lowest BCUT2D eigenvalue weighted by Crippen LogP contribution is -2.30. The SMILES string of the molecule is COc1ccc2cc(CN(C)C(=O)COC(=O)c3cnc4c(c3)c(C)nn4C)ccc2c1. The Morgan fingerprint density at radius 2 is 1.84 bits per heavy atom. The molecule has 4 aromatic rings. The van der Waals surface area contributed by atoms with Crippen molar-refractivity contribution in [2.45, 2.75) is 13.5 Å². The van der Waals surface area contributed by atoms with Gasteiger partial charge in [0.25, 0.3) is 5.91 Å². The second kappa shape index (κ2) is 8.66. The van der Waals surface area contributed by atoms with Gasteiger partial charge in [0.1, 0.15) is 5.75 Å². The predicted molar refractivity (Wildman–Crippen MR) is 121 cm³/mol. The maximum atomic E-state index is 12.5. The summed E-state index contributed by atoms with van der Waals surface area (Å²) >= 11 is 0. The van der Waals surface area contributed by atoms with Crippen molar-refractivity contribution in [2.24, 2.45) is 7.05 Å². The van der Waals surface area contributed by atoms with Gasteiger partial charge in [0, 0.05) is 32.2 Å². The number of carbonyl (C=O) groups excluding carboxylic acids is 2. The lowest BCUT2D eigenvalue weighted by atomic mass is 10.1. The molecule has 2 aromatic heterocycles. The molecule has 0 spiro atoms. The standard InChI is InChI=1S/C24H24N4O4/c1-15-21-11-19(12-25-23(21)28(3)26-15)24(30)32-14-22(29)27(2)13-16-5-6-18-10-20(31-4)8-7-17(18)9-16/h5-12H,13-14H2,1-4H3. The van der Waals surface area contributed by atoms with Crippen LogP contribution in [0.3, 0.4) is 0 Å². The molecule has 0 unspecified atom stereocenters. The Hall–Kier alpha value is -3.94. The molecule has 0 aliphatic heterocycles. The van der Waals surface area contributed by atoms with Crippen LogP contribution in [0.2, 0.25) is 0 Å². The minimum atomic E-state index is -0.593. The van der Waals surface area contributed by atoms with E-state index in [1.807, 2.05) is 43.3 Å². The highest BCUT2D eigenvalue weighted by Crippen LogP contribution is 2.22. The fourth-order valence-corrected chi connectivity index (χ4v) is 3.60. The zero-order chi connectivity index (χ0) is 22.8. The number of fused-ring (bicyclic) bond motifs is 2. The van der Waals surface area contributed by atoms with Gasteiger partial charge in [-0.2, -0.15) is 5.10 Å². The molecule has 0 atom stereocenters. The predicted octanol–water partition coefficient (Wildman–Crippen LogP) is 3.25. The van der Waals surface area contributed by atoms with E-state index >= 15 is 0 Å². The number of carbonyl (C=O) groups is 2. The zero-order valence-corrected chi connectivity index (χ0v) is 18.5. The van der Waals surface area contributed by atoms with E-state index in [0.29, 0.717) is 12.2 Å². The van der Waals surface area contributed by atoms with Crippen molar-refractivity contribution in [1.82, 2.24) is 19.7 Å². The highest BCUT2D eigenvalue weighted by Gasteiger charge is 2.16. The molecule has 0 aliphatic rings. The number of rotatable bonds is 6. The molecule has 0 aliphatic carbocycles. The van der Waals surface area contributed by atoms with Crippen molar-refractivity contribution >= 4 is 33.7 Å². The molecule has 4 rings (SSSR count). The van der Waals surface area contributed by atoms with Gasteiger partial charge < -0.3 is 14.4 Å². The van der Waals surface area contributed by atoms with Gasteiger partial charge in [-0.25, -0.2) is 9.78 Å². The Labute approximate surface area is 185 Å². The van der Waals surface area contributed by atoms with Crippen LogP contribution in [-0.2, 0) is 23.1 Å². The molecule has 164 valence electrons. The van der Waals surface area contributed by atoms with E-state index in [1.54, 1.807) is 32.0 Å². The van der Waals surface area contributed by atoms with Crippen molar-refractivity contribution in [3.63, 3.8) is 0 Å². The number of ether oxygens (including phenoxy) is 2. The highest BCUT2D eigenvalue weighted by atomic mass is 16.5.